The maximum Gasteiger partial charge on any atom is 0.190 e. The minimum atomic E-state index is 0.577. The SMILES string of the molecule is [C-]#[N+]c1ccnc(-c2ccc(-c3c4ccccc4c(-c4ccc(-c5cc(C#N)ccn5)cc4)c4cc5ccccc5cc34)cc2)c1. The molecule has 2 heterocycles. The number of hydrogen-bond acceptors (Lipinski definition) is 3. The molecule has 0 amide bonds. The average Bonchev–Trinajstić information content (AvgIpc) is 3.13. The molecule has 0 N–H and O–H groups in total. The van der Waals surface area contributed by atoms with Crippen LogP contribution in [0.5, 0.6) is 0 Å². The summed E-state index contributed by atoms with van der Waals surface area (Å²) in [6.07, 6.45) is 3.37. The summed E-state index contributed by atoms with van der Waals surface area (Å²) >= 11 is 0. The highest BCUT2D eigenvalue weighted by molar-refractivity contribution is 6.23. The Balaban J connectivity index is 1.36. The lowest BCUT2D eigenvalue weighted by Crippen LogP contribution is -1.92. The van der Waals surface area contributed by atoms with Crippen LogP contribution in [0.3, 0.4) is 0 Å². The molecule has 0 bridgehead atoms. The number of rotatable bonds is 4. The van der Waals surface area contributed by atoms with E-state index >= 15 is 0 Å². The van der Waals surface area contributed by atoms with E-state index in [4.69, 9.17) is 6.57 Å². The molecule has 0 radical (unpaired) electrons. The number of benzene rings is 6. The van der Waals surface area contributed by atoms with E-state index in [-0.39, 0.29) is 0 Å². The summed E-state index contributed by atoms with van der Waals surface area (Å²) in [5.74, 6) is 0. The van der Waals surface area contributed by atoms with E-state index in [0.29, 0.717) is 11.3 Å². The topological polar surface area (TPSA) is 53.9 Å². The Labute approximate surface area is 266 Å². The zero-order valence-corrected chi connectivity index (χ0v) is 24.6. The predicted octanol–water partition coefficient (Wildman–Crippen LogP) is 11.0. The van der Waals surface area contributed by atoms with E-state index in [1.807, 2.05) is 12.1 Å². The lowest BCUT2D eigenvalue weighted by Gasteiger charge is -2.19. The molecule has 6 aromatic carbocycles. The van der Waals surface area contributed by atoms with Crippen molar-refractivity contribution in [3.63, 3.8) is 0 Å². The van der Waals surface area contributed by atoms with Gasteiger partial charge in [-0.3, -0.25) is 9.97 Å². The zero-order valence-electron chi connectivity index (χ0n) is 24.6. The van der Waals surface area contributed by atoms with Crippen molar-refractivity contribution in [2.75, 3.05) is 0 Å². The molecule has 0 spiro atoms. The number of fused-ring (bicyclic) bond motifs is 3. The molecule has 8 aromatic rings. The van der Waals surface area contributed by atoms with Crippen molar-refractivity contribution in [3.05, 3.63) is 163 Å². The quantitative estimate of drug-likeness (QED) is 0.153. The van der Waals surface area contributed by atoms with Gasteiger partial charge in [0.1, 0.15) is 0 Å². The molecular formula is C42H24N4. The van der Waals surface area contributed by atoms with E-state index in [0.717, 1.165) is 33.6 Å². The molecule has 4 nitrogen and oxygen atoms in total. The smallest absolute Gasteiger partial charge is 0.190 e. The summed E-state index contributed by atoms with van der Waals surface area (Å²) < 4.78 is 0. The Morgan fingerprint density at radius 3 is 1.50 bits per heavy atom. The van der Waals surface area contributed by atoms with Crippen LogP contribution in [0.1, 0.15) is 5.56 Å². The third-order valence-corrected chi connectivity index (χ3v) is 8.59. The zero-order chi connectivity index (χ0) is 31.0. The van der Waals surface area contributed by atoms with Crippen molar-refractivity contribution >= 4 is 38.0 Å². The van der Waals surface area contributed by atoms with Gasteiger partial charge in [0.15, 0.2) is 5.69 Å². The molecule has 2 aromatic heterocycles. The highest BCUT2D eigenvalue weighted by atomic mass is 14.7. The van der Waals surface area contributed by atoms with Crippen molar-refractivity contribution in [1.82, 2.24) is 9.97 Å². The van der Waals surface area contributed by atoms with E-state index in [1.54, 1.807) is 24.5 Å². The summed E-state index contributed by atoms with van der Waals surface area (Å²) in [4.78, 5) is 12.6. The second kappa shape index (κ2) is 11.1. The molecule has 8 rings (SSSR count). The Bertz CT molecular complexity index is 2360. The maximum atomic E-state index is 9.38. The molecule has 46 heavy (non-hydrogen) atoms. The fourth-order valence-electron chi connectivity index (χ4n) is 6.41. The van der Waals surface area contributed by atoms with Gasteiger partial charge in [-0.25, -0.2) is 4.85 Å². The van der Waals surface area contributed by atoms with Crippen LogP contribution in [0.15, 0.2) is 146 Å². The van der Waals surface area contributed by atoms with Gasteiger partial charge in [-0.05, 0) is 96.5 Å². The normalized spacial score (nSPS) is 11.0. The second-order valence-electron chi connectivity index (χ2n) is 11.2. The van der Waals surface area contributed by atoms with E-state index in [1.165, 1.54) is 43.4 Å². The largest absolute Gasteiger partial charge is 0.259 e. The van der Waals surface area contributed by atoms with Crippen LogP contribution in [-0.4, -0.2) is 9.97 Å². The van der Waals surface area contributed by atoms with E-state index < -0.39 is 0 Å². The van der Waals surface area contributed by atoms with Crippen molar-refractivity contribution in [3.8, 4) is 50.8 Å². The molecule has 0 atom stereocenters. The van der Waals surface area contributed by atoms with Crippen LogP contribution in [0.4, 0.5) is 5.69 Å². The summed E-state index contributed by atoms with van der Waals surface area (Å²) in [6.45, 7) is 7.39. The minimum absolute atomic E-state index is 0.577. The lowest BCUT2D eigenvalue weighted by molar-refractivity contribution is 1.31. The number of hydrogen-bond donors (Lipinski definition) is 0. The van der Waals surface area contributed by atoms with Crippen LogP contribution in [0.25, 0.3) is 81.9 Å². The van der Waals surface area contributed by atoms with Crippen molar-refractivity contribution in [1.29, 1.82) is 5.26 Å². The van der Waals surface area contributed by atoms with Crippen molar-refractivity contribution in [2.45, 2.75) is 0 Å². The van der Waals surface area contributed by atoms with Gasteiger partial charge in [0, 0.05) is 18.0 Å². The van der Waals surface area contributed by atoms with Gasteiger partial charge in [0.05, 0.1) is 29.6 Å². The van der Waals surface area contributed by atoms with Crippen LogP contribution in [-0.2, 0) is 0 Å². The van der Waals surface area contributed by atoms with Gasteiger partial charge in [0.25, 0.3) is 0 Å². The first-order valence-corrected chi connectivity index (χ1v) is 15.0. The summed E-state index contributed by atoms with van der Waals surface area (Å²) in [7, 11) is 0. The fraction of sp³-hybridized carbons (Fsp3) is 0. The minimum Gasteiger partial charge on any atom is -0.259 e. The van der Waals surface area contributed by atoms with Gasteiger partial charge >= 0.3 is 0 Å². The first-order chi connectivity index (χ1) is 22.7. The van der Waals surface area contributed by atoms with Crippen molar-refractivity contribution in [2.24, 2.45) is 0 Å². The monoisotopic (exact) mass is 584 g/mol. The van der Waals surface area contributed by atoms with Gasteiger partial charge < -0.3 is 0 Å². The highest BCUT2D eigenvalue weighted by Gasteiger charge is 2.18. The third-order valence-electron chi connectivity index (χ3n) is 8.59. The van der Waals surface area contributed by atoms with E-state index in [2.05, 4.69) is 130 Å². The summed E-state index contributed by atoms with van der Waals surface area (Å²) in [5.41, 5.74) is 9.27. The van der Waals surface area contributed by atoms with Crippen molar-refractivity contribution < 1.29 is 0 Å². The average molecular weight is 585 g/mol. The first-order valence-electron chi connectivity index (χ1n) is 15.0. The third kappa shape index (κ3) is 4.63. The maximum absolute atomic E-state index is 9.38. The van der Waals surface area contributed by atoms with Gasteiger partial charge in [-0.2, -0.15) is 5.26 Å². The molecule has 4 heteroatoms. The summed E-state index contributed by atoms with van der Waals surface area (Å²) in [5, 5.41) is 16.5. The first kappa shape index (κ1) is 27.0. The van der Waals surface area contributed by atoms with Crippen LogP contribution < -0.4 is 0 Å². The fourth-order valence-corrected chi connectivity index (χ4v) is 6.41. The molecule has 0 unspecified atom stereocenters. The number of nitriles is 1. The molecule has 0 aliphatic heterocycles. The van der Waals surface area contributed by atoms with Crippen LogP contribution in [0.2, 0.25) is 0 Å². The molecule has 212 valence electrons. The van der Waals surface area contributed by atoms with Crippen LogP contribution >= 0.6 is 0 Å². The van der Waals surface area contributed by atoms with Gasteiger partial charge in [-0.1, -0.05) is 97.1 Å². The molecular weight excluding hydrogens is 560 g/mol. The number of aromatic nitrogens is 2. The second-order valence-corrected chi connectivity index (χ2v) is 11.2. The Kier molecular flexibility index (Phi) is 6.53. The summed E-state index contributed by atoms with van der Waals surface area (Å²) in [6, 6.07) is 48.1. The van der Waals surface area contributed by atoms with E-state index in [9.17, 15) is 5.26 Å². The van der Waals surface area contributed by atoms with Gasteiger partial charge in [0.2, 0.25) is 0 Å². The van der Waals surface area contributed by atoms with Crippen LogP contribution in [0, 0.1) is 17.9 Å². The molecule has 0 aliphatic carbocycles. The molecule has 0 saturated heterocycles. The molecule has 0 aliphatic rings. The lowest BCUT2D eigenvalue weighted by atomic mass is 9.84. The highest BCUT2D eigenvalue weighted by Crippen LogP contribution is 2.45. The number of pyridine rings is 2. The predicted molar refractivity (Wildman–Crippen MR) is 187 cm³/mol. The standard InChI is InChI=1S/C42H24N4/c1-44-34-19-21-46-40(25-34)29-12-16-31(17-13-29)42-36-9-5-4-8-35(36)41(37-23-32-6-2-3-7-33(32)24-38(37)42)30-14-10-28(11-15-30)39-22-27(26-43)18-20-45-39/h2-25H. The Morgan fingerprint density at radius 1 is 0.500 bits per heavy atom. The Hall–Kier alpha value is -6.62. The van der Waals surface area contributed by atoms with Gasteiger partial charge in [-0.15, -0.1) is 0 Å². The molecule has 0 fully saturated rings. The molecule has 0 saturated carbocycles. The number of nitrogens with zero attached hydrogens (tertiary/aromatic N) is 4. The Morgan fingerprint density at radius 2 is 0.978 bits per heavy atom.